The molecule has 1 amide bonds. The third kappa shape index (κ3) is 5.79. The third-order valence-electron chi connectivity index (χ3n) is 6.34. The first kappa shape index (κ1) is 27.4. The Morgan fingerprint density at radius 1 is 1.30 bits per heavy atom. The summed E-state index contributed by atoms with van der Waals surface area (Å²) in [6.07, 6.45) is -4.13. The van der Waals surface area contributed by atoms with E-state index in [1.54, 1.807) is 24.3 Å². The van der Waals surface area contributed by atoms with E-state index >= 15 is 0 Å². The molecule has 2 N–H and O–H groups in total. The lowest BCUT2D eigenvalue weighted by molar-refractivity contribution is -0.276. The molecule has 0 spiro atoms. The summed E-state index contributed by atoms with van der Waals surface area (Å²) in [4.78, 5) is 16.5. The zero-order valence-corrected chi connectivity index (χ0v) is 21.1. The fraction of sp³-hybridized carbons (Fsp3) is 0.478. The molecular weight excluding hydrogens is 541 g/mol. The van der Waals surface area contributed by atoms with Gasteiger partial charge >= 0.3 is 12.3 Å². The number of carbonyl (C=O) groups is 1. The molecule has 0 saturated heterocycles. The van der Waals surface area contributed by atoms with Crippen LogP contribution >= 0.6 is 11.6 Å². The molecule has 2 atom stereocenters. The van der Waals surface area contributed by atoms with E-state index in [4.69, 9.17) is 21.1 Å². The Hall–Kier alpha value is -2.61. The molecule has 2 unspecified atom stereocenters. The van der Waals surface area contributed by atoms with Gasteiger partial charge < -0.3 is 19.9 Å². The van der Waals surface area contributed by atoms with Gasteiger partial charge in [0.15, 0.2) is 10.9 Å². The molecule has 9 nitrogen and oxygen atoms in total. The maximum atomic E-state index is 14.0. The number of aromatic nitrogens is 1. The van der Waals surface area contributed by atoms with E-state index < -0.39 is 51.0 Å². The van der Waals surface area contributed by atoms with Gasteiger partial charge in [-0.2, -0.15) is 21.6 Å². The topological polar surface area (TPSA) is 124 Å². The predicted octanol–water partition coefficient (Wildman–Crippen LogP) is 3.78. The first-order valence-electron chi connectivity index (χ1n) is 11.2. The van der Waals surface area contributed by atoms with Crippen molar-refractivity contribution in [1.29, 1.82) is 0 Å². The van der Waals surface area contributed by atoms with Gasteiger partial charge in [0.25, 0.3) is 10.1 Å². The summed E-state index contributed by atoms with van der Waals surface area (Å²) < 4.78 is 80.1. The van der Waals surface area contributed by atoms with Gasteiger partial charge in [0, 0.05) is 12.0 Å². The van der Waals surface area contributed by atoms with Crippen LogP contribution in [0.15, 0.2) is 36.4 Å². The SMILES string of the molecule is CS(=O)(=O)OCC(O)(c1cc2c(c(Cl)n1)OCCC2(NC(=O)OCc1ccccc1)C1CC1)C(F)(F)F. The van der Waals surface area contributed by atoms with Crippen molar-refractivity contribution in [2.45, 2.75) is 43.2 Å². The maximum absolute atomic E-state index is 14.0. The number of ether oxygens (including phenoxy) is 2. The molecule has 0 bridgehead atoms. The number of fused-ring (bicyclic) bond motifs is 1. The van der Waals surface area contributed by atoms with Crippen LogP contribution < -0.4 is 10.1 Å². The Bertz CT molecular complexity index is 1280. The molecule has 2 aliphatic rings. The van der Waals surface area contributed by atoms with Gasteiger partial charge in [0.05, 0.1) is 24.1 Å². The highest BCUT2D eigenvalue weighted by molar-refractivity contribution is 7.85. The second kappa shape index (κ2) is 9.93. The lowest BCUT2D eigenvalue weighted by Gasteiger charge is -2.40. The number of alkyl carbamates (subject to hydrolysis) is 1. The van der Waals surface area contributed by atoms with Crippen LogP contribution in [0.1, 0.15) is 36.1 Å². The highest BCUT2D eigenvalue weighted by Gasteiger charge is 2.59. The van der Waals surface area contributed by atoms with E-state index in [1.165, 1.54) is 0 Å². The second-order valence-corrected chi connectivity index (χ2v) is 11.0. The molecule has 202 valence electrons. The molecule has 4 rings (SSSR count). The summed E-state index contributed by atoms with van der Waals surface area (Å²) in [5.41, 5.74) is -5.22. The Morgan fingerprint density at radius 3 is 2.57 bits per heavy atom. The molecule has 0 radical (unpaired) electrons. The maximum Gasteiger partial charge on any atom is 0.425 e. The number of rotatable bonds is 8. The van der Waals surface area contributed by atoms with Crippen molar-refractivity contribution in [2.75, 3.05) is 19.5 Å². The average molecular weight is 565 g/mol. The molecule has 14 heteroatoms. The average Bonchev–Trinajstić information content (AvgIpc) is 3.67. The number of amides is 1. The number of hydrogen-bond acceptors (Lipinski definition) is 8. The number of hydrogen-bond donors (Lipinski definition) is 2. The van der Waals surface area contributed by atoms with Gasteiger partial charge in [-0.05, 0) is 30.4 Å². The minimum Gasteiger partial charge on any atom is -0.490 e. The molecule has 1 aromatic carbocycles. The van der Waals surface area contributed by atoms with Crippen molar-refractivity contribution < 1.29 is 45.1 Å². The Morgan fingerprint density at radius 2 is 1.97 bits per heavy atom. The van der Waals surface area contributed by atoms with E-state index in [0.29, 0.717) is 19.1 Å². The lowest BCUT2D eigenvalue weighted by Crippen LogP contribution is -2.52. The number of halogens is 4. The number of carbonyl (C=O) groups excluding carboxylic acids is 1. The molecule has 1 fully saturated rings. The quantitative estimate of drug-likeness (QED) is 0.367. The van der Waals surface area contributed by atoms with E-state index in [9.17, 15) is 31.5 Å². The summed E-state index contributed by atoms with van der Waals surface area (Å²) in [6.45, 7) is -1.62. The van der Waals surface area contributed by atoms with Crippen molar-refractivity contribution in [3.05, 3.63) is 58.4 Å². The van der Waals surface area contributed by atoms with Gasteiger partial charge in [-0.1, -0.05) is 41.9 Å². The lowest BCUT2D eigenvalue weighted by atomic mass is 9.79. The number of pyridine rings is 1. The van der Waals surface area contributed by atoms with Crippen LogP contribution in [0.2, 0.25) is 5.15 Å². The highest BCUT2D eigenvalue weighted by atomic mass is 35.5. The Balaban J connectivity index is 1.72. The molecule has 2 heterocycles. The predicted molar refractivity (Wildman–Crippen MR) is 124 cm³/mol. The highest BCUT2D eigenvalue weighted by Crippen LogP contribution is 2.54. The monoisotopic (exact) mass is 564 g/mol. The minimum absolute atomic E-state index is 0.0320. The van der Waals surface area contributed by atoms with E-state index in [-0.39, 0.29) is 36.9 Å². The minimum atomic E-state index is -5.39. The molecule has 37 heavy (non-hydrogen) atoms. The first-order chi connectivity index (χ1) is 17.3. The van der Waals surface area contributed by atoms with Crippen LogP contribution in [0, 0.1) is 5.92 Å². The normalized spacial score (nSPS) is 21.4. The van der Waals surface area contributed by atoms with Crippen molar-refractivity contribution in [1.82, 2.24) is 10.3 Å². The van der Waals surface area contributed by atoms with Crippen LogP contribution in [0.5, 0.6) is 5.75 Å². The molecule has 1 aromatic heterocycles. The zero-order chi connectivity index (χ0) is 27.1. The number of aliphatic hydroxyl groups is 1. The van der Waals surface area contributed by atoms with Crippen molar-refractivity contribution in [2.24, 2.45) is 5.92 Å². The number of nitrogens with one attached hydrogen (secondary N) is 1. The van der Waals surface area contributed by atoms with Gasteiger partial charge in [0.1, 0.15) is 13.2 Å². The summed E-state index contributed by atoms with van der Waals surface area (Å²) in [5.74, 6) is -0.211. The Labute approximate surface area is 216 Å². The summed E-state index contributed by atoms with van der Waals surface area (Å²) >= 11 is 6.21. The first-order valence-corrected chi connectivity index (χ1v) is 13.4. The van der Waals surface area contributed by atoms with Crippen molar-refractivity contribution in [3.8, 4) is 5.75 Å². The summed E-state index contributed by atoms with van der Waals surface area (Å²) in [5, 5.41) is 13.0. The second-order valence-electron chi connectivity index (χ2n) is 9.03. The fourth-order valence-corrected chi connectivity index (χ4v) is 4.93. The van der Waals surface area contributed by atoms with Gasteiger partial charge in [-0.15, -0.1) is 0 Å². The van der Waals surface area contributed by atoms with Crippen molar-refractivity contribution >= 4 is 27.8 Å². The molecule has 1 aliphatic heterocycles. The standard InChI is InChI=1S/C23H24ClF3N2O7S/c1-37(32,33)36-13-22(31,23(25,26)27)17-11-16-18(19(24)28-17)34-10-9-21(16,15-7-8-15)29-20(30)35-12-14-5-3-2-4-6-14/h2-6,11,15,31H,7-10,12-13H2,1H3,(H,29,30). The van der Waals surface area contributed by atoms with Gasteiger partial charge in [-0.3, -0.25) is 4.18 Å². The molecular formula is C23H24ClF3N2O7S. The number of alkyl halides is 3. The number of benzene rings is 1. The van der Waals surface area contributed by atoms with Crippen LogP contribution in [0.25, 0.3) is 0 Å². The largest absolute Gasteiger partial charge is 0.490 e. The van der Waals surface area contributed by atoms with Crippen LogP contribution in [0.3, 0.4) is 0 Å². The smallest absolute Gasteiger partial charge is 0.425 e. The zero-order valence-electron chi connectivity index (χ0n) is 19.5. The fourth-order valence-electron chi connectivity index (χ4n) is 4.30. The van der Waals surface area contributed by atoms with Crippen LogP contribution in [0.4, 0.5) is 18.0 Å². The van der Waals surface area contributed by atoms with Crippen LogP contribution in [-0.4, -0.2) is 50.2 Å². The summed E-state index contributed by atoms with van der Waals surface area (Å²) in [7, 11) is -4.34. The molecule has 2 aromatic rings. The van der Waals surface area contributed by atoms with E-state index in [2.05, 4.69) is 14.5 Å². The van der Waals surface area contributed by atoms with Crippen LogP contribution in [-0.2, 0) is 36.8 Å². The molecule has 1 saturated carbocycles. The third-order valence-corrected chi connectivity index (χ3v) is 7.14. The van der Waals surface area contributed by atoms with Gasteiger partial charge in [0.2, 0.25) is 5.60 Å². The van der Waals surface area contributed by atoms with Gasteiger partial charge in [-0.25, -0.2) is 9.78 Å². The Kier molecular flexibility index (Phi) is 7.36. The summed E-state index contributed by atoms with van der Waals surface area (Å²) in [6, 6.07) is 9.83. The van der Waals surface area contributed by atoms with E-state index in [0.717, 1.165) is 11.6 Å². The van der Waals surface area contributed by atoms with E-state index in [1.807, 2.05) is 6.07 Å². The molecule has 1 aliphatic carbocycles. The number of nitrogens with zero attached hydrogens (tertiary/aromatic N) is 1. The van der Waals surface area contributed by atoms with Crippen molar-refractivity contribution in [3.63, 3.8) is 0 Å².